The first-order valence-electron chi connectivity index (χ1n) is 5.13. The van der Waals surface area contributed by atoms with Crippen molar-refractivity contribution in [2.45, 2.75) is 0 Å². The van der Waals surface area contributed by atoms with Crippen molar-refractivity contribution in [1.29, 1.82) is 0 Å². The van der Waals surface area contributed by atoms with Gasteiger partial charge in [0, 0.05) is 11.8 Å². The predicted molar refractivity (Wildman–Crippen MR) is 64.6 cm³/mol. The van der Waals surface area contributed by atoms with Gasteiger partial charge in [0.05, 0.1) is 5.69 Å². The van der Waals surface area contributed by atoms with Gasteiger partial charge in [-0.1, -0.05) is 0 Å². The molecule has 0 atom stereocenters. The second kappa shape index (κ2) is 4.41. The summed E-state index contributed by atoms with van der Waals surface area (Å²) in [5.74, 6) is -0.915. The Kier molecular flexibility index (Phi) is 3.08. The quantitative estimate of drug-likeness (QED) is 0.794. The number of carbonyl (C=O) groups is 2. The Bertz CT molecular complexity index is 620. The van der Waals surface area contributed by atoms with Crippen molar-refractivity contribution in [2.24, 2.45) is 0 Å². The van der Waals surface area contributed by atoms with Gasteiger partial charge in [-0.25, -0.2) is 8.42 Å². The number of nitrogens with one attached hydrogen (secondary N) is 1. The second-order valence-electron chi connectivity index (χ2n) is 4.04. The number of hydrogen-bond acceptors (Lipinski definition) is 5. The zero-order chi connectivity index (χ0) is 13.3. The van der Waals surface area contributed by atoms with Crippen LogP contribution in [-0.2, 0) is 14.6 Å². The summed E-state index contributed by atoms with van der Waals surface area (Å²) in [7, 11) is -3.37. The summed E-state index contributed by atoms with van der Waals surface area (Å²) in [5, 5.41) is 2.55. The molecule has 0 saturated carbocycles. The van der Waals surface area contributed by atoms with Gasteiger partial charge in [0.15, 0.2) is 22.2 Å². The van der Waals surface area contributed by atoms with Gasteiger partial charge in [0.1, 0.15) is 11.5 Å². The van der Waals surface area contributed by atoms with Crippen LogP contribution >= 0.6 is 0 Å². The normalized spacial score (nSPS) is 14.4. The van der Waals surface area contributed by atoms with Gasteiger partial charge in [-0.3, -0.25) is 9.59 Å². The molecule has 1 aliphatic rings. The van der Waals surface area contributed by atoms with E-state index < -0.39 is 21.4 Å². The minimum absolute atomic E-state index is 0.0658. The number of fused-ring (bicyclic) bond motifs is 1. The number of carbonyl (C=O) groups excluding carboxylic acids is 2. The van der Waals surface area contributed by atoms with Crippen molar-refractivity contribution in [1.82, 2.24) is 0 Å². The summed E-state index contributed by atoms with van der Waals surface area (Å²) in [5.41, 5.74) is 0.607. The van der Waals surface area contributed by atoms with E-state index in [1.165, 1.54) is 18.2 Å². The molecule has 1 heterocycles. The standard InChI is InChI=1S/C11H11NO5S/c1-18(15,16)6-9(13)7-2-3-10-8(4-7)12-11(14)5-17-10/h2-4H,5-6H2,1H3,(H,12,14). The average molecular weight is 269 g/mol. The van der Waals surface area contributed by atoms with Crippen LogP contribution in [0.3, 0.4) is 0 Å². The highest BCUT2D eigenvalue weighted by Gasteiger charge is 2.19. The Balaban J connectivity index is 2.28. The van der Waals surface area contributed by atoms with Crippen molar-refractivity contribution in [3.8, 4) is 5.75 Å². The maximum atomic E-state index is 11.7. The lowest BCUT2D eigenvalue weighted by molar-refractivity contribution is -0.118. The molecule has 0 aliphatic carbocycles. The zero-order valence-electron chi connectivity index (χ0n) is 9.60. The van der Waals surface area contributed by atoms with Crippen LogP contribution < -0.4 is 10.1 Å². The van der Waals surface area contributed by atoms with Gasteiger partial charge in [-0.05, 0) is 18.2 Å². The SMILES string of the molecule is CS(=O)(=O)CC(=O)c1ccc2c(c1)NC(=O)CO2. The summed E-state index contributed by atoms with van der Waals surface area (Å²) in [6.45, 7) is -0.0658. The van der Waals surface area contributed by atoms with E-state index in [-0.39, 0.29) is 18.1 Å². The van der Waals surface area contributed by atoms with Crippen molar-refractivity contribution in [3.05, 3.63) is 23.8 Å². The smallest absolute Gasteiger partial charge is 0.262 e. The highest BCUT2D eigenvalue weighted by molar-refractivity contribution is 7.91. The van der Waals surface area contributed by atoms with E-state index in [0.717, 1.165) is 6.26 Å². The molecule has 96 valence electrons. The monoisotopic (exact) mass is 269 g/mol. The Morgan fingerprint density at radius 1 is 1.44 bits per heavy atom. The molecule has 0 aromatic heterocycles. The number of ether oxygens (including phenoxy) is 1. The molecule has 18 heavy (non-hydrogen) atoms. The zero-order valence-corrected chi connectivity index (χ0v) is 10.4. The van der Waals surface area contributed by atoms with E-state index in [0.29, 0.717) is 11.4 Å². The second-order valence-corrected chi connectivity index (χ2v) is 6.18. The third-order valence-corrected chi connectivity index (χ3v) is 3.11. The highest BCUT2D eigenvalue weighted by Crippen LogP contribution is 2.28. The molecular formula is C11H11NO5S. The number of Topliss-reactive ketones (excluding diaryl/α,β-unsaturated/α-hetero) is 1. The fraction of sp³-hybridized carbons (Fsp3) is 0.273. The highest BCUT2D eigenvalue weighted by atomic mass is 32.2. The average Bonchev–Trinajstić information content (AvgIpc) is 2.25. The molecule has 2 rings (SSSR count). The number of ketones is 1. The fourth-order valence-electron chi connectivity index (χ4n) is 1.58. The summed E-state index contributed by atoms with van der Waals surface area (Å²) in [6, 6.07) is 4.42. The van der Waals surface area contributed by atoms with Gasteiger partial charge in [-0.2, -0.15) is 0 Å². The number of hydrogen-bond donors (Lipinski definition) is 1. The van der Waals surface area contributed by atoms with E-state index in [4.69, 9.17) is 4.74 Å². The molecule has 0 radical (unpaired) electrons. The molecule has 0 bridgehead atoms. The van der Waals surface area contributed by atoms with Crippen LogP contribution in [0.5, 0.6) is 5.75 Å². The van der Waals surface area contributed by atoms with E-state index in [1.807, 2.05) is 0 Å². The van der Waals surface area contributed by atoms with Crippen molar-refractivity contribution >= 4 is 27.2 Å². The number of amides is 1. The van der Waals surface area contributed by atoms with E-state index >= 15 is 0 Å². The van der Waals surface area contributed by atoms with Crippen LogP contribution in [0.2, 0.25) is 0 Å². The van der Waals surface area contributed by atoms with Crippen LogP contribution in [0.25, 0.3) is 0 Å². The van der Waals surface area contributed by atoms with Gasteiger partial charge in [0.2, 0.25) is 0 Å². The maximum absolute atomic E-state index is 11.7. The van der Waals surface area contributed by atoms with Crippen LogP contribution in [0.4, 0.5) is 5.69 Å². The predicted octanol–water partition coefficient (Wildman–Crippen LogP) is 0.245. The molecule has 1 N–H and O–H groups in total. The number of rotatable bonds is 3. The minimum Gasteiger partial charge on any atom is -0.482 e. The first-order chi connectivity index (χ1) is 8.35. The molecule has 0 spiro atoms. The number of anilines is 1. The Hall–Kier alpha value is -1.89. The van der Waals surface area contributed by atoms with Crippen molar-refractivity contribution < 1.29 is 22.7 Å². The molecule has 1 amide bonds. The maximum Gasteiger partial charge on any atom is 0.262 e. The summed E-state index contributed by atoms with van der Waals surface area (Å²) in [4.78, 5) is 22.8. The molecule has 6 nitrogen and oxygen atoms in total. The molecule has 0 saturated heterocycles. The lowest BCUT2D eigenvalue weighted by Gasteiger charge is -2.18. The van der Waals surface area contributed by atoms with E-state index in [1.54, 1.807) is 0 Å². The van der Waals surface area contributed by atoms with Crippen LogP contribution in [0, 0.1) is 0 Å². The molecule has 1 aliphatic heterocycles. The van der Waals surface area contributed by atoms with Crippen molar-refractivity contribution in [2.75, 3.05) is 23.9 Å². The first kappa shape index (κ1) is 12.6. The van der Waals surface area contributed by atoms with Gasteiger partial charge in [0.25, 0.3) is 5.91 Å². The lowest BCUT2D eigenvalue weighted by atomic mass is 10.1. The lowest BCUT2D eigenvalue weighted by Crippen LogP contribution is -2.25. The van der Waals surface area contributed by atoms with Gasteiger partial charge < -0.3 is 10.1 Å². The number of sulfone groups is 1. The first-order valence-corrected chi connectivity index (χ1v) is 7.19. The Labute approximate surface area is 104 Å². The number of benzene rings is 1. The molecule has 0 fully saturated rings. The Morgan fingerprint density at radius 2 is 2.17 bits per heavy atom. The van der Waals surface area contributed by atoms with Crippen molar-refractivity contribution in [3.63, 3.8) is 0 Å². The van der Waals surface area contributed by atoms with Crippen LogP contribution in [0.15, 0.2) is 18.2 Å². The van der Waals surface area contributed by atoms with Gasteiger partial charge in [-0.15, -0.1) is 0 Å². The molecule has 1 aromatic rings. The van der Waals surface area contributed by atoms with Crippen LogP contribution in [0.1, 0.15) is 10.4 Å². The summed E-state index contributed by atoms with van der Waals surface area (Å²) in [6.07, 6.45) is 0.994. The molecule has 1 aromatic carbocycles. The topological polar surface area (TPSA) is 89.5 Å². The minimum atomic E-state index is -3.37. The van der Waals surface area contributed by atoms with E-state index in [9.17, 15) is 18.0 Å². The third-order valence-electron chi connectivity index (χ3n) is 2.33. The summed E-state index contributed by atoms with van der Waals surface area (Å²) >= 11 is 0. The van der Waals surface area contributed by atoms with Gasteiger partial charge >= 0.3 is 0 Å². The fourth-order valence-corrected chi connectivity index (χ4v) is 2.22. The Morgan fingerprint density at radius 3 is 2.83 bits per heavy atom. The molecule has 7 heteroatoms. The summed E-state index contributed by atoms with van der Waals surface area (Å²) < 4.78 is 27.2. The third kappa shape index (κ3) is 2.86. The molecular weight excluding hydrogens is 258 g/mol. The van der Waals surface area contributed by atoms with E-state index in [2.05, 4.69) is 5.32 Å². The largest absolute Gasteiger partial charge is 0.482 e. The van der Waals surface area contributed by atoms with Crippen LogP contribution in [-0.4, -0.2) is 38.7 Å². The molecule has 0 unspecified atom stereocenters.